The third-order valence-corrected chi connectivity index (χ3v) is 3.46. The zero-order chi connectivity index (χ0) is 12.4. The molecule has 17 heavy (non-hydrogen) atoms. The van der Waals surface area contributed by atoms with Gasteiger partial charge in [-0.25, -0.2) is 9.78 Å². The highest BCUT2D eigenvalue weighted by atomic mass is 32.1. The molecular weight excluding hydrogens is 242 g/mol. The van der Waals surface area contributed by atoms with Gasteiger partial charge in [0.05, 0.1) is 0 Å². The first-order valence-electron chi connectivity index (χ1n) is 5.34. The van der Waals surface area contributed by atoms with Crippen molar-refractivity contribution in [3.8, 4) is 0 Å². The summed E-state index contributed by atoms with van der Waals surface area (Å²) in [5, 5.41) is 11.0. The molecule has 1 amide bonds. The van der Waals surface area contributed by atoms with Crippen LogP contribution in [0.5, 0.6) is 0 Å². The number of hydrogen-bond acceptors (Lipinski definition) is 5. The smallest absolute Gasteiger partial charge is 0.326 e. The van der Waals surface area contributed by atoms with Crippen molar-refractivity contribution in [2.24, 2.45) is 0 Å². The first kappa shape index (κ1) is 11.8. The lowest BCUT2D eigenvalue weighted by Gasteiger charge is -2.32. The highest BCUT2D eigenvalue weighted by Gasteiger charge is 2.33. The number of aliphatic carboxylic acids is 1. The number of amides is 1. The summed E-state index contributed by atoms with van der Waals surface area (Å²) < 4.78 is 0. The molecule has 0 bridgehead atoms. The van der Waals surface area contributed by atoms with Crippen LogP contribution in [0.3, 0.4) is 0 Å². The van der Waals surface area contributed by atoms with Crippen molar-refractivity contribution in [3.05, 3.63) is 11.1 Å². The number of hydrogen-bond donors (Lipinski definition) is 2. The molecule has 6 nitrogen and oxygen atoms in total. The van der Waals surface area contributed by atoms with Crippen molar-refractivity contribution >= 4 is 28.3 Å². The molecule has 1 saturated heterocycles. The van der Waals surface area contributed by atoms with E-state index in [4.69, 9.17) is 10.8 Å². The maximum Gasteiger partial charge on any atom is 0.326 e. The fourth-order valence-corrected chi connectivity index (χ4v) is 2.50. The van der Waals surface area contributed by atoms with Gasteiger partial charge < -0.3 is 15.7 Å². The molecule has 1 aliphatic heterocycles. The third-order valence-electron chi connectivity index (χ3n) is 2.79. The minimum atomic E-state index is -0.957. The summed E-state index contributed by atoms with van der Waals surface area (Å²) in [7, 11) is 0. The molecule has 0 saturated carbocycles. The number of likely N-dealkylation sites (tertiary alicyclic amines) is 1. The van der Waals surface area contributed by atoms with Crippen LogP contribution in [0.4, 0.5) is 5.13 Å². The fourth-order valence-electron chi connectivity index (χ4n) is 1.96. The van der Waals surface area contributed by atoms with Gasteiger partial charge in [-0.2, -0.15) is 0 Å². The molecule has 0 unspecified atom stereocenters. The Morgan fingerprint density at radius 2 is 2.29 bits per heavy atom. The molecule has 1 fully saturated rings. The van der Waals surface area contributed by atoms with Gasteiger partial charge in [0.25, 0.3) is 5.91 Å². The number of nitrogen functional groups attached to an aromatic ring is 1. The van der Waals surface area contributed by atoms with E-state index >= 15 is 0 Å². The molecular formula is C10H13N3O3S. The predicted molar refractivity (Wildman–Crippen MR) is 62.8 cm³/mol. The van der Waals surface area contributed by atoms with Gasteiger partial charge in [0.2, 0.25) is 0 Å². The van der Waals surface area contributed by atoms with Crippen molar-refractivity contribution < 1.29 is 14.7 Å². The highest BCUT2D eigenvalue weighted by molar-refractivity contribution is 7.13. The number of nitrogens with zero attached hydrogens (tertiary/aromatic N) is 2. The number of carbonyl (C=O) groups is 2. The second-order valence-corrected chi connectivity index (χ2v) is 4.81. The van der Waals surface area contributed by atoms with E-state index in [0.717, 1.165) is 12.8 Å². The Balaban J connectivity index is 2.19. The lowest BCUT2D eigenvalue weighted by Crippen LogP contribution is -2.48. The number of carbonyl (C=O) groups excluding carboxylic acids is 1. The van der Waals surface area contributed by atoms with E-state index in [-0.39, 0.29) is 11.6 Å². The summed E-state index contributed by atoms with van der Waals surface area (Å²) in [5.41, 5.74) is 5.70. The average Bonchev–Trinajstić information content (AvgIpc) is 2.75. The van der Waals surface area contributed by atoms with Crippen molar-refractivity contribution in [3.63, 3.8) is 0 Å². The molecule has 0 aromatic carbocycles. The molecule has 0 spiro atoms. The number of rotatable bonds is 2. The van der Waals surface area contributed by atoms with Crippen molar-refractivity contribution in [2.75, 3.05) is 12.3 Å². The topological polar surface area (TPSA) is 96.5 Å². The van der Waals surface area contributed by atoms with E-state index in [9.17, 15) is 9.59 Å². The SMILES string of the molecule is Nc1nc(C(=O)N2CCCC[C@@H]2C(=O)O)cs1. The van der Waals surface area contributed by atoms with Crippen molar-refractivity contribution in [2.45, 2.75) is 25.3 Å². The van der Waals surface area contributed by atoms with Crippen LogP contribution in [0.1, 0.15) is 29.8 Å². The second-order valence-electron chi connectivity index (χ2n) is 3.92. The Labute approximate surface area is 102 Å². The van der Waals surface area contributed by atoms with E-state index in [1.807, 2.05) is 0 Å². The van der Waals surface area contributed by atoms with Gasteiger partial charge in [0.15, 0.2) is 5.13 Å². The van der Waals surface area contributed by atoms with Crippen LogP contribution in [0.15, 0.2) is 5.38 Å². The van der Waals surface area contributed by atoms with E-state index in [2.05, 4.69) is 4.98 Å². The summed E-state index contributed by atoms with van der Waals surface area (Å²) in [6.07, 6.45) is 2.16. The van der Waals surface area contributed by atoms with Gasteiger partial charge in [0.1, 0.15) is 11.7 Å². The van der Waals surface area contributed by atoms with Gasteiger partial charge >= 0.3 is 5.97 Å². The first-order chi connectivity index (χ1) is 8.09. The molecule has 0 aliphatic carbocycles. The Morgan fingerprint density at radius 1 is 1.53 bits per heavy atom. The van der Waals surface area contributed by atoms with Crippen LogP contribution in [0.2, 0.25) is 0 Å². The number of aromatic nitrogens is 1. The molecule has 1 aliphatic rings. The van der Waals surface area contributed by atoms with E-state index in [1.165, 1.54) is 16.2 Å². The van der Waals surface area contributed by atoms with Crippen LogP contribution in [-0.4, -0.2) is 39.5 Å². The third kappa shape index (κ3) is 2.38. The zero-order valence-electron chi connectivity index (χ0n) is 9.13. The average molecular weight is 255 g/mol. The van der Waals surface area contributed by atoms with Gasteiger partial charge in [-0.3, -0.25) is 4.79 Å². The van der Waals surface area contributed by atoms with Crippen molar-refractivity contribution in [1.29, 1.82) is 0 Å². The number of carboxylic acids is 1. The van der Waals surface area contributed by atoms with E-state index in [0.29, 0.717) is 18.1 Å². The van der Waals surface area contributed by atoms with Crippen LogP contribution < -0.4 is 5.73 Å². The number of nitrogens with two attached hydrogens (primary N) is 1. The summed E-state index contributed by atoms with van der Waals surface area (Å²) >= 11 is 1.18. The Hall–Kier alpha value is -1.63. The number of anilines is 1. The maximum atomic E-state index is 12.1. The van der Waals surface area contributed by atoms with E-state index in [1.54, 1.807) is 5.38 Å². The molecule has 7 heteroatoms. The normalized spacial score (nSPS) is 20.2. The number of carboxylic acid groups (broad SMARTS) is 1. The van der Waals surface area contributed by atoms with Gasteiger partial charge in [-0.15, -0.1) is 11.3 Å². The van der Waals surface area contributed by atoms with Crippen LogP contribution in [0, 0.1) is 0 Å². The van der Waals surface area contributed by atoms with Crippen LogP contribution in [0.25, 0.3) is 0 Å². The van der Waals surface area contributed by atoms with Crippen molar-refractivity contribution in [1.82, 2.24) is 9.88 Å². The highest BCUT2D eigenvalue weighted by Crippen LogP contribution is 2.21. The molecule has 0 radical (unpaired) electrons. The fraction of sp³-hybridized carbons (Fsp3) is 0.500. The van der Waals surface area contributed by atoms with E-state index < -0.39 is 12.0 Å². The summed E-state index contributed by atoms with van der Waals surface area (Å²) in [6.45, 7) is 0.466. The summed E-state index contributed by atoms with van der Waals surface area (Å²) in [6, 6.07) is -0.737. The number of piperidine rings is 1. The Bertz CT molecular complexity index is 446. The first-order valence-corrected chi connectivity index (χ1v) is 6.22. The van der Waals surface area contributed by atoms with Crippen LogP contribution in [-0.2, 0) is 4.79 Å². The molecule has 1 aromatic heterocycles. The minimum Gasteiger partial charge on any atom is -0.480 e. The molecule has 2 heterocycles. The van der Waals surface area contributed by atoms with Gasteiger partial charge in [0, 0.05) is 11.9 Å². The second kappa shape index (κ2) is 4.70. The quantitative estimate of drug-likeness (QED) is 0.815. The largest absolute Gasteiger partial charge is 0.480 e. The standard InChI is InChI=1S/C10H13N3O3S/c11-10-12-6(5-17-10)8(14)13-4-2-1-3-7(13)9(15)16/h5,7H,1-4H2,(H2,11,12)(H,15,16)/t7-/m1/s1. The summed E-state index contributed by atoms with van der Waals surface area (Å²) in [4.78, 5) is 28.4. The molecule has 3 N–H and O–H groups in total. The van der Waals surface area contributed by atoms with Gasteiger partial charge in [-0.1, -0.05) is 0 Å². The Morgan fingerprint density at radius 3 is 2.88 bits per heavy atom. The zero-order valence-corrected chi connectivity index (χ0v) is 9.94. The molecule has 1 atom stereocenters. The lowest BCUT2D eigenvalue weighted by atomic mass is 10.0. The minimum absolute atomic E-state index is 0.237. The number of thiazole rings is 1. The maximum absolute atomic E-state index is 12.1. The van der Waals surface area contributed by atoms with Crippen LogP contribution >= 0.6 is 11.3 Å². The molecule has 92 valence electrons. The molecule has 2 rings (SSSR count). The monoisotopic (exact) mass is 255 g/mol. The Kier molecular flexibility index (Phi) is 3.28. The molecule has 1 aromatic rings. The van der Waals surface area contributed by atoms with Gasteiger partial charge in [-0.05, 0) is 19.3 Å². The summed E-state index contributed by atoms with van der Waals surface area (Å²) in [5.74, 6) is -1.30. The lowest BCUT2D eigenvalue weighted by molar-refractivity contribution is -0.143. The predicted octanol–water partition coefficient (Wildman–Crippen LogP) is 0.805.